The van der Waals surface area contributed by atoms with Crippen LogP contribution in [0, 0.1) is 0 Å². The fourth-order valence-corrected chi connectivity index (χ4v) is 6.33. The minimum absolute atomic E-state index is 0.187. The van der Waals surface area contributed by atoms with Crippen molar-refractivity contribution in [3.63, 3.8) is 0 Å². The SMILES string of the molecule is CCOC(=O)C1=C(c2ccccc2)N=c2s/c(=C\c3cccc4ccccc34)c(=O)n2[C@@H]1c1ccc(C(C)C)cc1. The van der Waals surface area contributed by atoms with Crippen molar-refractivity contribution in [2.45, 2.75) is 32.7 Å². The van der Waals surface area contributed by atoms with Crippen LogP contribution in [-0.2, 0) is 9.53 Å². The molecule has 0 amide bonds. The monoisotopic (exact) mass is 558 g/mol. The van der Waals surface area contributed by atoms with Crippen molar-refractivity contribution < 1.29 is 9.53 Å². The molecule has 1 aliphatic rings. The van der Waals surface area contributed by atoms with Gasteiger partial charge in [-0.2, -0.15) is 0 Å². The summed E-state index contributed by atoms with van der Waals surface area (Å²) in [4.78, 5) is 33.3. The van der Waals surface area contributed by atoms with Gasteiger partial charge in [0.25, 0.3) is 5.56 Å². The van der Waals surface area contributed by atoms with Crippen LogP contribution in [0.5, 0.6) is 0 Å². The number of carbonyl (C=O) groups excluding carboxylic acids is 1. The summed E-state index contributed by atoms with van der Waals surface area (Å²) in [5.41, 5.74) is 4.47. The molecule has 6 heteroatoms. The topological polar surface area (TPSA) is 60.7 Å². The molecule has 0 fully saturated rings. The first kappa shape index (κ1) is 26.7. The minimum Gasteiger partial charge on any atom is -0.463 e. The Bertz CT molecular complexity index is 1960. The smallest absolute Gasteiger partial charge is 0.338 e. The summed E-state index contributed by atoms with van der Waals surface area (Å²) in [5.74, 6) is -0.122. The van der Waals surface area contributed by atoms with E-state index in [-0.39, 0.29) is 12.2 Å². The van der Waals surface area contributed by atoms with E-state index in [0.717, 1.165) is 27.5 Å². The number of hydrogen-bond donors (Lipinski definition) is 0. The first-order chi connectivity index (χ1) is 20.0. The molecule has 0 bridgehead atoms. The molecule has 0 N–H and O–H groups in total. The lowest BCUT2D eigenvalue weighted by atomic mass is 9.91. The van der Waals surface area contributed by atoms with Gasteiger partial charge in [-0.15, -0.1) is 0 Å². The third kappa shape index (κ3) is 4.96. The highest BCUT2D eigenvalue weighted by molar-refractivity contribution is 7.07. The number of nitrogens with zero attached hydrogens (tertiary/aromatic N) is 2. The Kier molecular flexibility index (Phi) is 7.25. The molecule has 6 rings (SSSR count). The van der Waals surface area contributed by atoms with Crippen LogP contribution < -0.4 is 14.9 Å². The van der Waals surface area contributed by atoms with E-state index >= 15 is 0 Å². The van der Waals surface area contributed by atoms with E-state index in [2.05, 4.69) is 44.2 Å². The lowest BCUT2D eigenvalue weighted by Gasteiger charge is -2.26. The molecule has 0 saturated heterocycles. The second kappa shape index (κ2) is 11.1. The van der Waals surface area contributed by atoms with Crippen LogP contribution in [0.2, 0.25) is 0 Å². The van der Waals surface area contributed by atoms with Gasteiger partial charge in [0.15, 0.2) is 4.80 Å². The predicted octanol–water partition coefficient (Wildman–Crippen LogP) is 6.21. The molecule has 1 aromatic heterocycles. The van der Waals surface area contributed by atoms with E-state index in [0.29, 0.717) is 26.5 Å². The second-order valence-corrected chi connectivity index (χ2v) is 11.3. The molecular formula is C35H30N2O3S. The van der Waals surface area contributed by atoms with Gasteiger partial charge in [-0.25, -0.2) is 9.79 Å². The number of aromatic nitrogens is 1. The van der Waals surface area contributed by atoms with Crippen LogP contribution in [-0.4, -0.2) is 17.1 Å². The zero-order valence-electron chi connectivity index (χ0n) is 23.2. The number of benzene rings is 4. The van der Waals surface area contributed by atoms with Crippen LogP contribution >= 0.6 is 11.3 Å². The molecule has 0 spiro atoms. The Morgan fingerprint density at radius 3 is 2.39 bits per heavy atom. The van der Waals surface area contributed by atoms with E-state index in [1.54, 1.807) is 11.5 Å². The lowest BCUT2D eigenvalue weighted by Crippen LogP contribution is -2.40. The normalized spacial score (nSPS) is 15.2. The lowest BCUT2D eigenvalue weighted by molar-refractivity contribution is -0.138. The Balaban J connectivity index is 1.65. The molecule has 0 aliphatic carbocycles. The van der Waals surface area contributed by atoms with Gasteiger partial charge >= 0.3 is 5.97 Å². The van der Waals surface area contributed by atoms with E-state index in [1.807, 2.05) is 72.8 Å². The Hall–Kier alpha value is -4.55. The molecule has 0 saturated carbocycles. The fourth-order valence-electron chi connectivity index (χ4n) is 5.34. The summed E-state index contributed by atoms with van der Waals surface area (Å²) < 4.78 is 7.79. The highest BCUT2D eigenvalue weighted by atomic mass is 32.1. The first-order valence-electron chi connectivity index (χ1n) is 13.8. The predicted molar refractivity (Wildman–Crippen MR) is 166 cm³/mol. The molecule has 1 aliphatic heterocycles. The average Bonchev–Trinajstić information content (AvgIpc) is 3.31. The van der Waals surface area contributed by atoms with Crippen LogP contribution in [0.3, 0.4) is 0 Å². The molecule has 2 heterocycles. The van der Waals surface area contributed by atoms with E-state index in [4.69, 9.17) is 9.73 Å². The zero-order chi connectivity index (χ0) is 28.5. The standard InChI is InChI=1S/C35H30N2O3S/c1-4-40-34(39)30-31(25-12-6-5-7-13-25)36-35-37(32(30)26-19-17-23(18-20-26)22(2)3)33(38)29(41-35)21-27-15-10-14-24-11-8-9-16-28(24)27/h5-22,32H,4H2,1-3H3/b29-21-/t32-/m1/s1. The highest BCUT2D eigenvalue weighted by Gasteiger charge is 2.35. The number of carbonyl (C=O) groups is 1. The summed E-state index contributed by atoms with van der Waals surface area (Å²) >= 11 is 1.34. The zero-order valence-corrected chi connectivity index (χ0v) is 24.0. The van der Waals surface area contributed by atoms with Crippen molar-refractivity contribution in [2.75, 3.05) is 6.61 Å². The van der Waals surface area contributed by atoms with Crippen molar-refractivity contribution >= 4 is 39.9 Å². The summed E-state index contributed by atoms with van der Waals surface area (Å²) in [7, 11) is 0. The number of hydrogen-bond acceptors (Lipinski definition) is 5. The molecule has 204 valence electrons. The van der Waals surface area contributed by atoms with Crippen LogP contribution in [0.25, 0.3) is 22.5 Å². The molecule has 5 nitrogen and oxygen atoms in total. The van der Waals surface area contributed by atoms with Gasteiger partial charge in [0, 0.05) is 5.56 Å². The van der Waals surface area contributed by atoms with Crippen molar-refractivity contribution in [3.8, 4) is 0 Å². The van der Waals surface area contributed by atoms with E-state index in [9.17, 15) is 9.59 Å². The number of rotatable bonds is 6. The molecule has 0 unspecified atom stereocenters. The van der Waals surface area contributed by atoms with Gasteiger partial charge in [0.1, 0.15) is 0 Å². The van der Waals surface area contributed by atoms with E-state index < -0.39 is 12.0 Å². The molecule has 4 aromatic carbocycles. The second-order valence-electron chi connectivity index (χ2n) is 10.3. The van der Waals surface area contributed by atoms with Crippen LogP contribution in [0.4, 0.5) is 0 Å². The molecule has 1 atom stereocenters. The third-order valence-electron chi connectivity index (χ3n) is 7.40. The maximum Gasteiger partial charge on any atom is 0.338 e. The Labute approximate surface area is 242 Å². The Morgan fingerprint density at radius 1 is 0.951 bits per heavy atom. The number of esters is 1. The highest BCUT2D eigenvalue weighted by Crippen LogP contribution is 2.35. The first-order valence-corrected chi connectivity index (χ1v) is 14.6. The largest absolute Gasteiger partial charge is 0.463 e. The number of fused-ring (bicyclic) bond motifs is 2. The maximum absolute atomic E-state index is 14.2. The number of ether oxygens (including phenoxy) is 1. The van der Waals surface area contributed by atoms with Gasteiger partial charge < -0.3 is 4.74 Å². The van der Waals surface area contributed by atoms with Gasteiger partial charge in [0.2, 0.25) is 0 Å². The van der Waals surface area contributed by atoms with Crippen molar-refractivity contribution in [2.24, 2.45) is 4.99 Å². The van der Waals surface area contributed by atoms with Crippen molar-refractivity contribution in [3.05, 3.63) is 145 Å². The molecular weight excluding hydrogens is 528 g/mol. The quantitative estimate of drug-likeness (QED) is 0.233. The van der Waals surface area contributed by atoms with Gasteiger partial charge in [-0.3, -0.25) is 9.36 Å². The van der Waals surface area contributed by atoms with Crippen molar-refractivity contribution in [1.82, 2.24) is 4.57 Å². The van der Waals surface area contributed by atoms with Gasteiger partial charge in [-0.1, -0.05) is 122 Å². The van der Waals surface area contributed by atoms with Crippen LogP contribution in [0.1, 0.15) is 55.0 Å². The molecule has 5 aromatic rings. The van der Waals surface area contributed by atoms with Crippen LogP contribution in [0.15, 0.2) is 112 Å². The summed E-state index contributed by atoms with van der Waals surface area (Å²) in [6.07, 6.45) is 1.93. The average molecular weight is 559 g/mol. The molecule has 41 heavy (non-hydrogen) atoms. The fraction of sp³-hybridized carbons (Fsp3) is 0.171. The number of thiazole rings is 1. The summed E-state index contributed by atoms with van der Waals surface area (Å²) in [5, 5.41) is 2.17. The maximum atomic E-state index is 14.2. The molecule has 0 radical (unpaired) electrons. The summed E-state index contributed by atoms with van der Waals surface area (Å²) in [6, 6.07) is 31.3. The third-order valence-corrected chi connectivity index (χ3v) is 8.39. The van der Waals surface area contributed by atoms with Gasteiger partial charge in [-0.05, 0) is 46.4 Å². The van der Waals surface area contributed by atoms with Gasteiger partial charge in [0.05, 0.1) is 28.5 Å². The minimum atomic E-state index is -0.684. The summed E-state index contributed by atoms with van der Waals surface area (Å²) in [6.45, 7) is 6.28. The van der Waals surface area contributed by atoms with Crippen molar-refractivity contribution in [1.29, 1.82) is 0 Å². The Morgan fingerprint density at radius 2 is 1.66 bits per heavy atom. The van der Waals surface area contributed by atoms with E-state index in [1.165, 1.54) is 16.9 Å².